The molecule has 2 aromatic rings. The quantitative estimate of drug-likeness (QED) is 0.693. The van der Waals surface area contributed by atoms with Crippen molar-refractivity contribution in [2.24, 2.45) is 0 Å². The van der Waals surface area contributed by atoms with Crippen LogP contribution < -0.4 is 11.6 Å². The lowest BCUT2D eigenvalue weighted by Crippen LogP contribution is -2.09. The average Bonchev–Trinajstić information content (AvgIpc) is 2.46. The van der Waals surface area contributed by atoms with Gasteiger partial charge in [0.2, 0.25) is 5.95 Å². The topological polar surface area (TPSA) is 69.9 Å². The second kappa shape index (κ2) is 3.23. The number of hydrogen-bond donors (Lipinski definition) is 2. The van der Waals surface area contributed by atoms with E-state index in [1.54, 1.807) is 0 Å². The minimum absolute atomic E-state index is 0.0636. The van der Waals surface area contributed by atoms with Crippen LogP contribution in [0.3, 0.4) is 0 Å². The fourth-order valence-electron chi connectivity index (χ4n) is 1.23. The van der Waals surface area contributed by atoms with Crippen LogP contribution in [0, 0.1) is 11.6 Å². The molecule has 4 N–H and O–H groups in total. The summed E-state index contributed by atoms with van der Waals surface area (Å²) in [6, 6.07) is 3.21. The van der Waals surface area contributed by atoms with E-state index in [0.717, 1.165) is 16.8 Å². The molecule has 78 valence electrons. The molecular formula is C9H8F2N4. The third-order valence-electron chi connectivity index (χ3n) is 1.97. The van der Waals surface area contributed by atoms with Gasteiger partial charge in [0.15, 0.2) is 0 Å². The lowest BCUT2D eigenvalue weighted by Gasteiger charge is -1.98. The number of imidazole rings is 1. The number of aromatic nitrogens is 2. The summed E-state index contributed by atoms with van der Waals surface area (Å²) in [7, 11) is 0. The Kier molecular flexibility index (Phi) is 2.03. The number of rotatable bonds is 1. The normalized spacial score (nSPS) is 10.5. The lowest BCUT2D eigenvalue weighted by molar-refractivity contribution is 0.585. The molecule has 0 radical (unpaired) electrons. The predicted octanol–water partition coefficient (Wildman–Crippen LogP) is 1.12. The van der Waals surface area contributed by atoms with Crippen LogP contribution in [0.15, 0.2) is 24.4 Å². The second-order valence-electron chi connectivity index (χ2n) is 3.02. The first-order valence-corrected chi connectivity index (χ1v) is 4.13. The van der Waals surface area contributed by atoms with Gasteiger partial charge in [-0.3, -0.25) is 0 Å². The molecule has 0 unspecified atom stereocenters. The molecule has 1 heterocycles. The first kappa shape index (κ1) is 9.45. The maximum Gasteiger partial charge on any atom is 0.219 e. The molecule has 0 aliphatic carbocycles. The van der Waals surface area contributed by atoms with Gasteiger partial charge in [-0.15, -0.1) is 0 Å². The number of nitrogen functional groups attached to an aromatic ring is 2. The summed E-state index contributed by atoms with van der Waals surface area (Å²) in [6.07, 6.45) is 1.37. The van der Waals surface area contributed by atoms with Gasteiger partial charge in [0.05, 0.1) is 11.9 Å². The van der Waals surface area contributed by atoms with Gasteiger partial charge in [-0.1, -0.05) is 0 Å². The Morgan fingerprint density at radius 1 is 1.27 bits per heavy atom. The molecule has 0 saturated carbocycles. The summed E-state index contributed by atoms with van der Waals surface area (Å²) >= 11 is 0. The van der Waals surface area contributed by atoms with Crippen molar-refractivity contribution in [3.8, 4) is 11.3 Å². The summed E-state index contributed by atoms with van der Waals surface area (Å²) in [5.41, 5.74) is 5.82. The summed E-state index contributed by atoms with van der Waals surface area (Å²) in [5, 5.41) is 0. The first-order chi connectivity index (χ1) is 7.08. The number of nitrogens with two attached hydrogens (primary N) is 2. The van der Waals surface area contributed by atoms with Crippen LogP contribution in [0.2, 0.25) is 0 Å². The summed E-state index contributed by atoms with van der Waals surface area (Å²) in [6.45, 7) is 0. The van der Waals surface area contributed by atoms with E-state index in [1.165, 1.54) is 12.3 Å². The van der Waals surface area contributed by atoms with Gasteiger partial charge >= 0.3 is 0 Å². The standard InChI is InChI=1S/C9H8F2N4/c10-5-1-2-6(7(11)3-5)8-4-15(13)9(12)14-8/h1-4H,13H2,(H2,12,14). The average molecular weight is 210 g/mol. The SMILES string of the molecule is Nc1nc(-c2ccc(F)cc2F)cn1N. The lowest BCUT2D eigenvalue weighted by atomic mass is 10.1. The molecule has 0 spiro atoms. The second-order valence-corrected chi connectivity index (χ2v) is 3.02. The van der Waals surface area contributed by atoms with Crippen LogP contribution in [0.4, 0.5) is 14.7 Å². The van der Waals surface area contributed by atoms with E-state index >= 15 is 0 Å². The summed E-state index contributed by atoms with van der Waals surface area (Å²) in [4.78, 5) is 3.82. The maximum absolute atomic E-state index is 13.3. The van der Waals surface area contributed by atoms with Gasteiger partial charge in [-0.05, 0) is 12.1 Å². The van der Waals surface area contributed by atoms with Gasteiger partial charge in [0.25, 0.3) is 0 Å². The van der Waals surface area contributed by atoms with Gasteiger partial charge in [-0.2, -0.15) is 0 Å². The molecule has 2 rings (SSSR count). The van der Waals surface area contributed by atoms with E-state index < -0.39 is 11.6 Å². The van der Waals surface area contributed by atoms with Crippen molar-refractivity contribution in [2.45, 2.75) is 0 Å². The summed E-state index contributed by atoms with van der Waals surface area (Å²) in [5.74, 6) is 4.11. The van der Waals surface area contributed by atoms with Crippen LogP contribution in [-0.4, -0.2) is 9.66 Å². The maximum atomic E-state index is 13.3. The molecule has 6 heteroatoms. The van der Waals surface area contributed by atoms with Crippen LogP contribution >= 0.6 is 0 Å². The highest BCUT2D eigenvalue weighted by Crippen LogP contribution is 2.22. The summed E-state index contributed by atoms with van der Waals surface area (Å²) < 4.78 is 27.0. The number of nitrogens with zero attached hydrogens (tertiary/aromatic N) is 2. The van der Waals surface area contributed by atoms with Crippen molar-refractivity contribution < 1.29 is 8.78 Å². The molecular weight excluding hydrogens is 202 g/mol. The van der Waals surface area contributed by atoms with Gasteiger partial charge in [0.1, 0.15) is 11.6 Å². The number of benzene rings is 1. The highest BCUT2D eigenvalue weighted by molar-refractivity contribution is 5.61. The Balaban J connectivity index is 2.54. The number of halogens is 2. The van der Waals surface area contributed by atoms with Crippen LogP contribution in [0.25, 0.3) is 11.3 Å². The van der Waals surface area contributed by atoms with E-state index in [-0.39, 0.29) is 17.2 Å². The Morgan fingerprint density at radius 2 is 2.00 bits per heavy atom. The molecule has 15 heavy (non-hydrogen) atoms. The van der Waals surface area contributed by atoms with E-state index in [0.29, 0.717) is 0 Å². The monoisotopic (exact) mass is 210 g/mol. The molecule has 1 aromatic heterocycles. The number of hydrogen-bond acceptors (Lipinski definition) is 3. The molecule has 1 aromatic carbocycles. The molecule has 0 aliphatic rings. The molecule has 0 bridgehead atoms. The van der Waals surface area contributed by atoms with Crippen LogP contribution in [0.5, 0.6) is 0 Å². The minimum Gasteiger partial charge on any atom is -0.368 e. The highest BCUT2D eigenvalue weighted by Gasteiger charge is 2.10. The van der Waals surface area contributed by atoms with E-state index in [9.17, 15) is 8.78 Å². The van der Waals surface area contributed by atoms with Crippen LogP contribution in [0.1, 0.15) is 0 Å². The third kappa shape index (κ3) is 1.61. The Hall–Kier alpha value is -2.11. The number of anilines is 1. The minimum atomic E-state index is -0.701. The smallest absolute Gasteiger partial charge is 0.219 e. The van der Waals surface area contributed by atoms with Crippen molar-refractivity contribution in [2.75, 3.05) is 11.6 Å². The fraction of sp³-hybridized carbons (Fsp3) is 0. The molecule has 4 nitrogen and oxygen atoms in total. The zero-order valence-electron chi connectivity index (χ0n) is 7.61. The van der Waals surface area contributed by atoms with E-state index in [2.05, 4.69) is 4.98 Å². The molecule has 0 atom stereocenters. The zero-order valence-corrected chi connectivity index (χ0v) is 7.61. The third-order valence-corrected chi connectivity index (χ3v) is 1.97. The Labute approximate surface area is 84.1 Å². The van der Waals surface area contributed by atoms with Gasteiger partial charge < -0.3 is 11.6 Å². The Bertz CT molecular complexity index is 487. The van der Waals surface area contributed by atoms with E-state index in [4.69, 9.17) is 11.6 Å². The van der Waals surface area contributed by atoms with Gasteiger partial charge in [-0.25, -0.2) is 18.4 Å². The molecule has 0 amide bonds. The van der Waals surface area contributed by atoms with Crippen molar-refractivity contribution in [1.82, 2.24) is 9.66 Å². The first-order valence-electron chi connectivity index (χ1n) is 4.13. The van der Waals surface area contributed by atoms with Crippen LogP contribution in [-0.2, 0) is 0 Å². The fourth-order valence-corrected chi connectivity index (χ4v) is 1.23. The molecule has 0 aliphatic heterocycles. The zero-order chi connectivity index (χ0) is 11.0. The van der Waals surface area contributed by atoms with Crippen molar-refractivity contribution in [3.05, 3.63) is 36.0 Å². The predicted molar refractivity (Wildman–Crippen MR) is 52.1 cm³/mol. The van der Waals surface area contributed by atoms with Gasteiger partial charge in [0, 0.05) is 11.6 Å². The highest BCUT2D eigenvalue weighted by atomic mass is 19.1. The van der Waals surface area contributed by atoms with Crippen molar-refractivity contribution >= 4 is 5.95 Å². The van der Waals surface area contributed by atoms with Crippen molar-refractivity contribution in [3.63, 3.8) is 0 Å². The molecule has 0 fully saturated rings. The van der Waals surface area contributed by atoms with E-state index in [1.807, 2.05) is 0 Å². The largest absolute Gasteiger partial charge is 0.368 e. The van der Waals surface area contributed by atoms with Crippen molar-refractivity contribution in [1.29, 1.82) is 0 Å². The Morgan fingerprint density at radius 3 is 2.53 bits per heavy atom. The molecule has 0 saturated heterocycles.